The molecule has 2 nitrogen and oxygen atoms in total. The maximum absolute atomic E-state index is 2.51. The number of fused-ring (bicyclic) bond motifs is 6. The fraction of sp³-hybridized carbons (Fsp3) is 0.103. The van der Waals surface area contributed by atoms with Gasteiger partial charge in [-0.1, -0.05) is 149 Å². The Labute approximate surface area is 369 Å². The standard InChI is InChI=1S/C58H44N2S2/c1-35(2)37-19-27-41(28-20-37)59(51-15-9-13-45-43-11-5-7-17-53(43)61-57(45)51)49-33-25-39-24-32-48-50(34-26-40-23-31-47(49)55(39)56(40)48)60(42-29-21-38(22-30-42)36(3)4)52-16-10-14-46-44-12-6-8-18-54(44)62-58(46)52/h5-36H,1-4H3. The van der Waals surface area contributed by atoms with Crippen LogP contribution in [0.4, 0.5) is 34.1 Å². The number of rotatable bonds is 8. The highest BCUT2D eigenvalue weighted by molar-refractivity contribution is 7.26. The van der Waals surface area contributed by atoms with Crippen LogP contribution in [-0.4, -0.2) is 0 Å². The summed E-state index contributed by atoms with van der Waals surface area (Å²) in [7, 11) is 0. The van der Waals surface area contributed by atoms with Crippen molar-refractivity contribution in [3.63, 3.8) is 0 Å². The molecule has 0 aliphatic carbocycles. The van der Waals surface area contributed by atoms with E-state index in [0.29, 0.717) is 11.8 Å². The van der Waals surface area contributed by atoms with Crippen LogP contribution in [0.2, 0.25) is 0 Å². The number of hydrogen-bond acceptors (Lipinski definition) is 4. The zero-order chi connectivity index (χ0) is 41.6. The second-order valence-electron chi connectivity index (χ2n) is 17.3. The third-order valence-electron chi connectivity index (χ3n) is 13.0. The Balaban J connectivity index is 1.12. The minimum atomic E-state index is 0.450. The predicted molar refractivity (Wildman–Crippen MR) is 273 cm³/mol. The number of benzene rings is 10. The van der Waals surface area contributed by atoms with E-state index in [4.69, 9.17) is 0 Å². The second kappa shape index (κ2) is 14.4. The zero-order valence-electron chi connectivity index (χ0n) is 35.2. The van der Waals surface area contributed by atoms with Crippen LogP contribution in [0.15, 0.2) is 182 Å². The molecule has 4 heteroatoms. The molecule has 0 atom stereocenters. The normalized spacial score (nSPS) is 12.2. The molecule has 298 valence electrons. The van der Waals surface area contributed by atoms with Gasteiger partial charge in [0.05, 0.1) is 32.1 Å². The van der Waals surface area contributed by atoms with Crippen molar-refractivity contribution >= 4 is 129 Å². The fourth-order valence-electron chi connectivity index (χ4n) is 9.81. The first-order valence-electron chi connectivity index (χ1n) is 21.7. The van der Waals surface area contributed by atoms with Gasteiger partial charge < -0.3 is 9.80 Å². The molecule has 0 aliphatic rings. The van der Waals surface area contributed by atoms with Crippen molar-refractivity contribution in [2.45, 2.75) is 39.5 Å². The summed E-state index contributed by atoms with van der Waals surface area (Å²) in [5.41, 5.74) is 9.74. The minimum absolute atomic E-state index is 0.450. The molecule has 12 rings (SSSR count). The van der Waals surface area contributed by atoms with Gasteiger partial charge in [0.15, 0.2) is 0 Å². The quantitative estimate of drug-likeness (QED) is 0.141. The molecule has 0 radical (unpaired) electrons. The van der Waals surface area contributed by atoms with E-state index in [0.717, 1.165) is 11.4 Å². The molecule has 62 heavy (non-hydrogen) atoms. The van der Waals surface area contributed by atoms with Gasteiger partial charge in [-0.3, -0.25) is 0 Å². The first-order valence-corrected chi connectivity index (χ1v) is 23.4. The molecule has 0 bridgehead atoms. The Bertz CT molecular complexity index is 3400. The average molecular weight is 833 g/mol. The third-order valence-corrected chi connectivity index (χ3v) is 15.4. The maximum atomic E-state index is 2.51. The Morgan fingerprint density at radius 2 is 0.710 bits per heavy atom. The summed E-state index contributed by atoms with van der Waals surface area (Å²) >= 11 is 3.77. The number of hydrogen-bond donors (Lipinski definition) is 0. The van der Waals surface area contributed by atoms with Crippen LogP contribution in [0.1, 0.15) is 50.7 Å². The van der Waals surface area contributed by atoms with Gasteiger partial charge in [0.25, 0.3) is 0 Å². The Kier molecular flexibility index (Phi) is 8.64. The summed E-state index contributed by atoms with van der Waals surface area (Å²) in [4.78, 5) is 5.03. The predicted octanol–water partition coefficient (Wildman–Crippen LogP) is 18.5. The average Bonchev–Trinajstić information content (AvgIpc) is 3.89. The van der Waals surface area contributed by atoms with Crippen LogP contribution >= 0.6 is 22.7 Å². The van der Waals surface area contributed by atoms with E-state index in [2.05, 4.69) is 219 Å². The van der Waals surface area contributed by atoms with Crippen molar-refractivity contribution in [3.8, 4) is 0 Å². The van der Waals surface area contributed by atoms with Crippen LogP contribution in [-0.2, 0) is 0 Å². The van der Waals surface area contributed by atoms with Crippen LogP contribution in [0.3, 0.4) is 0 Å². The van der Waals surface area contributed by atoms with Crippen LogP contribution < -0.4 is 9.80 Å². The zero-order valence-corrected chi connectivity index (χ0v) is 36.8. The largest absolute Gasteiger partial charge is 0.308 e. The molecule has 2 heterocycles. The molecule has 0 spiro atoms. The van der Waals surface area contributed by atoms with Crippen molar-refractivity contribution in [1.29, 1.82) is 0 Å². The van der Waals surface area contributed by atoms with E-state index < -0.39 is 0 Å². The van der Waals surface area contributed by atoms with Gasteiger partial charge in [0.1, 0.15) is 0 Å². The summed E-state index contributed by atoms with van der Waals surface area (Å²) in [6.45, 7) is 9.07. The first kappa shape index (κ1) is 37.1. The van der Waals surface area contributed by atoms with Crippen LogP contribution in [0.25, 0.3) is 72.7 Å². The van der Waals surface area contributed by atoms with E-state index in [1.807, 2.05) is 22.7 Å². The first-order chi connectivity index (χ1) is 30.4. The van der Waals surface area contributed by atoms with E-state index in [9.17, 15) is 0 Å². The van der Waals surface area contributed by atoms with E-state index in [1.54, 1.807) is 0 Å². The van der Waals surface area contributed by atoms with Gasteiger partial charge in [-0.2, -0.15) is 0 Å². The molecule has 12 aromatic rings. The highest BCUT2D eigenvalue weighted by Gasteiger charge is 2.25. The Morgan fingerprint density at radius 1 is 0.323 bits per heavy atom. The Hall–Kier alpha value is -6.72. The number of anilines is 6. The highest BCUT2D eigenvalue weighted by atomic mass is 32.1. The monoisotopic (exact) mass is 832 g/mol. The van der Waals surface area contributed by atoms with Crippen molar-refractivity contribution in [2.75, 3.05) is 9.80 Å². The molecule has 10 aromatic carbocycles. The van der Waals surface area contributed by atoms with E-state index in [1.165, 1.54) is 107 Å². The van der Waals surface area contributed by atoms with Gasteiger partial charge in [0, 0.05) is 53.1 Å². The van der Waals surface area contributed by atoms with Gasteiger partial charge in [-0.25, -0.2) is 0 Å². The molecule has 0 saturated carbocycles. The maximum Gasteiger partial charge on any atom is 0.0640 e. The summed E-state index contributed by atoms with van der Waals surface area (Å²) in [5.74, 6) is 0.900. The molecular weight excluding hydrogens is 789 g/mol. The molecule has 0 saturated heterocycles. The molecule has 2 aromatic heterocycles. The van der Waals surface area contributed by atoms with Gasteiger partial charge in [0.2, 0.25) is 0 Å². The van der Waals surface area contributed by atoms with Crippen molar-refractivity contribution in [1.82, 2.24) is 0 Å². The van der Waals surface area contributed by atoms with Crippen LogP contribution in [0.5, 0.6) is 0 Å². The minimum Gasteiger partial charge on any atom is -0.308 e. The number of thiophene rings is 2. The summed E-state index contributed by atoms with van der Waals surface area (Å²) in [6, 6.07) is 68.5. The van der Waals surface area contributed by atoms with Crippen molar-refractivity contribution in [2.24, 2.45) is 0 Å². The van der Waals surface area contributed by atoms with Gasteiger partial charge in [-0.05, 0) is 105 Å². The molecule has 0 N–H and O–H groups in total. The summed E-state index contributed by atoms with van der Waals surface area (Å²) in [5, 5.41) is 12.8. The summed E-state index contributed by atoms with van der Waals surface area (Å²) in [6.07, 6.45) is 0. The van der Waals surface area contributed by atoms with E-state index in [-0.39, 0.29) is 0 Å². The third kappa shape index (κ3) is 5.74. The summed E-state index contributed by atoms with van der Waals surface area (Å²) < 4.78 is 5.21. The van der Waals surface area contributed by atoms with Crippen molar-refractivity contribution in [3.05, 3.63) is 193 Å². The van der Waals surface area contributed by atoms with Crippen molar-refractivity contribution < 1.29 is 0 Å². The van der Waals surface area contributed by atoms with E-state index >= 15 is 0 Å². The molecule has 0 unspecified atom stereocenters. The highest BCUT2D eigenvalue weighted by Crippen LogP contribution is 2.51. The number of nitrogens with zero attached hydrogens (tertiary/aromatic N) is 2. The molecular formula is C58H44N2S2. The van der Waals surface area contributed by atoms with Crippen LogP contribution in [0, 0.1) is 0 Å². The lowest BCUT2D eigenvalue weighted by Crippen LogP contribution is -2.12. The second-order valence-corrected chi connectivity index (χ2v) is 19.4. The lowest BCUT2D eigenvalue weighted by Gasteiger charge is -2.30. The van der Waals surface area contributed by atoms with Gasteiger partial charge in [-0.15, -0.1) is 22.7 Å². The molecule has 0 amide bonds. The Morgan fingerprint density at radius 3 is 1.13 bits per heavy atom. The molecule has 0 fully saturated rings. The lowest BCUT2D eigenvalue weighted by atomic mass is 9.91. The fourth-order valence-corrected chi connectivity index (χ4v) is 12.2. The van der Waals surface area contributed by atoms with Gasteiger partial charge >= 0.3 is 0 Å². The smallest absolute Gasteiger partial charge is 0.0640 e. The molecule has 0 aliphatic heterocycles. The topological polar surface area (TPSA) is 6.48 Å². The SMILES string of the molecule is CC(C)c1ccc(N(c2ccc3ccc4c(N(c5ccc(C(C)C)cc5)c5cccc6c5sc5ccccc56)ccc5ccc2c3c54)c2cccc3c2sc2ccccc23)cc1. The lowest BCUT2D eigenvalue weighted by molar-refractivity contribution is 0.866.